The van der Waals surface area contributed by atoms with Crippen LogP contribution in [0.15, 0.2) is 18.2 Å². The number of halogens is 1. The van der Waals surface area contributed by atoms with Crippen molar-refractivity contribution in [3.8, 4) is 17.4 Å². The van der Waals surface area contributed by atoms with Crippen molar-refractivity contribution in [3.05, 3.63) is 29.6 Å². The Bertz CT molecular complexity index is 559. The van der Waals surface area contributed by atoms with E-state index in [1.807, 2.05) is 6.92 Å². The first-order chi connectivity index (χ1) is 8.10. The predicted molar refractivity (Wildman–Crippen MR) is 60.9 cm³/mol. The van der Waals surface area contributed by atoms with E-state index < -0.39 is 5.82 Å². The lowest BCUT2D eigenvalue weighted by atomic mass is 10.1. The minimum atomic E-state index is -0.414. The average molecular weight is 234 g/mol. The SMILES string of the molecule is COc1nc(N)nc(-c2cc(C)ccc2F)n1. The van der Waals surface area contributed by atoms with Crippen molar-refractivity contribution in [2.75, 3.05) is 12.8 Å². The number of ether oxygens (including phenoxy) is 1. The van der Waals surface area contributed by atoms with E-state index in [1.165, 1.54) is 13.2 Å². The number of anilines is 1. The van der Waals surface area contributed by atoms with E-state index in [2.05, 4.69) is 15.0 Å². The molecule has 1 heterocycles. The zero-order valence-electron chi connectivity index (χ0n) is 9.44. The Morgan fingerprint density at radius 2 is 2.00 bits per heavy atom. The summed E-state index contributed by atoms with van der Waals surface area (Å²) in [5.41, 5.74) is 6.67. The number of hydrogen-bond acceptors (Lipinski definition) is 5. The van der Waals surface area contributed by atoms with Gasteiger partial charge in [-0.25, -0.2) is 4.39 Å². The van der Waals surface area contributed by atoms with E-state index >= 15 is 0 Å². The molecule has 5 nitrogen and oxygen atoms in total. The van der Waals surface area contributed by atoms with Crippen LogP contribution in [0.25, 0.3) is 11.4 Å². The second-order valence-electron chi connectivity index (χ2n) is 3.49. The summed E-state index contributed by atoms with van der Waals surface area (Å²) in [6, 6.07) is 4.73. The summed E-state index contributed by atoms with van der Waals surface area (Å²) >= 11 is 0. The lowest BCUT2D eigenvalue weighted by molar-refractivity contribution is 0.379. The summed E-state index contributed by atoms with van der Waals surface area (Å²) in [5.74, 6) is -0.258. The van der Waals surface area contributed by atoms with Crippen LogP contribution in [0.2, 0.25) is 0 Å². The third-order valence-electron chi connectivity index (χ3n) is 2.18. The van der Waals surface area contributed by atoms with Crippen LogP contribution in [0.3, 0.4) is 0 Å². The van der Waals surface area contributed by atoms with Gasteiger partial charge >= 0.3 is 6.01 Å². The minimum absolute atomic E-state index is 0.00671. The van der Waals surface area contributed by atoms with Crippen LogP contribution >= 0.6 is 0 Å². The Morgan fingerprint density at radius 1 is 1.24 bits per heavy atom. The maximum atomic E-state index is 13.6. The molecular formula is C11H11FN4O. The van der Waals surface area contributed by atoms with Gasteiger partial charge in [-0.05, 0) is 19.1 Å². The largest absolute Gasteiger partial charge is 0.467 e. The molecule has 17 heavy (non-hydrogen) atoms. The van der Waals surface area contributed by atoms with Gasteiger partial charge in [0.1, 0.15) is 5.82 Å². The number of benzene rings is 1. The van der Waals surface area contributed by atoms with E-state index in [-0.39, 0.29) is 23.3 Å². The molecule has 6 heteroatoms. The monoisotopic (exact) mass is 234 g/mol. The number of aromatic nitrogens is 3. The Balaban J connectivity index is 2.59. The Hall–Kier alpha value is -2.24. The first kappa shape index (κ1) is 11.3. The Kier molecular flexibility index (Phi) is 2.86. The number of nitrogens with zero attached hydrogens (tertiary/aromatic N) is 3. The van der Waals surface area contributed by atoms with Crippen molar-refractivity contribution in [2.24, 2.45) is 0 Å². The van der Waals surface area contributed by atoms with Crippen LogP contribution < -0.4 is 10.5 Å². The quantitative estimate of drug-likeness (QED) is 0.853. The first-order valence-electron chi connectivity index (χ1n) is 4.92. The Labute approximate surface area is 97.5 Å². The van der Waals surface area contributed by atoms with Crippen LogP contribution in [-0.4, -0.2) is 22.1 Å². The van der Waals surface area contributed by atoms with Gasteiger partial charge < -0.3 is 10.5 Å². The van der Waals surface area contributed by atoms with Gasteiger partial charge in [-0.3, -0.25) is 0 Å². The molecule has 0 aliphatic rings. The number of nitrogen functional groups attached to an aromatic ring is 1. The fourth-order valence-electron chi connectivity index (χ4n) is 1.39. The van der Waals surface area contributed by atoms with Gasteiger partial charge in [-0.2, -0.15) is 15.0 Å². The van der Waals surface area contributed by atoms with Crippen LogP contribution in [0, 0.1) is 12.7 Å². The molecule has 1 aromatic heterocycles. The lowest BCUT2D eigenvalue weighted by Gasteiger charge is -2.05. The predicted octanol–water partition coefficient (Wildman–Crippen LogP) is 1.58. The molecule has 0 spiro atoms. The molecule has 0 saturated carbocycles. The maximum absolute atomic E-state index is 13.6. The number of nitrogens with two attached hydrogens (primary N) is 1. The van der Waals surface area contributed by atoms with Gasteiger partial charge in [0.05, 0.1) is 12.7 Å². The van der Waals surface area contributed by atoms with E-state index in [0.717, 1.165) is 5.56 Å². The van der Waals surface area contributed by atoms with Crippen LogP contribution in [0.5, 0.6) is 6.01 Å². The van der Waals surface area contributed by atoms with Crippen molar-refractivity contribution in [2.45, 2.75) is 6.92 Å². The van der Waals surface area contributed by atoms with Gasteiger partial charge in [0.2, 0.25) is 5.95 Å². The van der Waals surface area contributed by atoms with Crippen molar-refractivity contribution in [1.29, 1.82) is 0 Å². The molecule has 0 aliphatic carbocycles. The molecule has 0 unspecified atom stereocenters. The maximum Gasteiger partial charge on any atom is 0.321 e. The second kappa shape index (κ2) is 4.32. The van der Waals surface area contributed by atoms with E-state index in [1.54, 1.807) is 12.1 Å². The van der Waals surface area contributed by atoms with E-state index in [4.69, 9.17) is 10.5 Å². The highest BCUT2D eigenvalue weighted by Gasteiger charge is 2.11. The molecule has 0 saturated heterocycles. The van der Waals surface area contributed by atoms with Gasteiger partial charge in [-0.1, -0.05) is 11.6 Å². The molecule has 0 atom stereocenters. The normalized spacial score (nSPS) is 10.3. The molecule has 0 fully saturated rings. The third kappa shape index (κ3) is 2.30. The molecule has 0 aliphatic heterocycles. The molecule has 88 valence electrons. The summed E-state index contributed by atoms with van der Waals surface area (Å²) in [5, 5.41) is 0. The van der Waals surface area contributed by atoms with Crippen LogP contribution in [0.1, 0.15) is 5.56 Å². The van der Waals surface area contributed by atoms with Gasteiger partial charge in [0.15, 0.2) is 5.82 Å². The molecular weight excluding hydrogens is 223 g/mol. The third-order valence-corrected chi connectivity index (χ3v) is 2.18. The molecule has 1 aromatic carbocycles. The van der Waals surface area contributed by atoms with Crippen molar-refractivity contribution < 1.29 is 9.13 Å². The number of methoxy groups -OCH3 is 1. The first-order valence-corrected chi connectivity index (χ1v) is 4.92. The molecule has 2 N–H and O–H groups in total. The van der Waals surface area contributed by atoms with Crippen LogP contribution in [0.4, 0.5) is 10.3 Å². The topological polar surface area (TPSA) is 73.9 Å². The molecule has 0 amide bonds. The summed E-state index contributed by atoms with van der Waals surface area (Å²) in [6.07, 6.45) is 0. The number of rotatable bonds is 2. The zero-order valence-corrected chi connectivity index (χ0v) is 9.44. The highest BCUT2D eigenvalue weighted by molar-refractivity contribution is 5.58. The standard InChI is InChI=1S/C11H11FN4O/c1-6-3-4-8(12)7(5-6)9-14-10(13)16-11(15-9)17-2/h3-5H,1-2H3,(H2,13,14,15,16). The molecule has 2 rings (SSSR count). The second-order valence-corrected chi connectivity index (χ2v) is 3.49. The highest BCUT2D eigenvalue weighted by atomic mass is 19.1. The number of aryl methyl sites for hydroxylation is 1. The van der Waals surface area contributed by atoms with Gasteiger partial charge in [-0.15, -0.1) is 0 Å². The highest BCUT2D eigenvalue weighted by Crippen LogP contribution is 2.22. The average Bonchev–Trinajstić information content (AvgIpc) is 2.31. The lowest BCUT2D eigenvalue weighted by Crippen LogP contribution is -2.03. The molecule has 0 radical (unpaired) electrons. The van der Waals surface area contributed by atoms with Gasteiger partial charge in [0, 0.05) is 0 Å². The Morgan fingerprint density at radius 3 is 2.71 bits per heavy atom. The van der Waals surface area contributed by atoms with Crippen molar-refractivity contribution in [3.63, 3.8) is 0 Å². The minimum Gasteiger partial charge on any atom is -0.467 e. The smallest absolute Gasteiger partial charge is 0.321 e. The summed E-state index contributed by atoms with van der Waals surface area (Å²) in [6.45, 7) is 1.85. The van der Waals surface area contributed by atoms with Gasteiger partial charge in [0.25, 0.3) is 0 Å². The van der Waals surface area contributed by atoms with E-state index in [0.29, 0.717) is 0 Å². The fraction of sp³-hybridized carbons (Fsp3) is 0.182. The van der Waals surface area contributed by atoms with Crippen molar-refractivity contribution >= 4 is 5.95 Å². The molecule has 0 bridgehead atoms. The van der Waals surface area contributed by atoms with Crippen molar-refractivity contribution in [1.82, 2.24) is 15.0 Å². The zero-order chi connectivity index (χ0) is 12.4. The summed E-state index contributed by atoms with van der Waals surface area (Å²) in [7, 11) is 1.41. The fourth-order valence-corrected chi connectivity index (χ4v) is 1.39. The summed E-state index contributed by atoms with van der Waals surface area (Å²) < 4.78 is 18.5. The summed E-state index contributed by atoms with van der Waals surface area (Å²) in [4.78, 5) is 11.6. The van der Waals surface area contributed by atoms with Crippen LogP contribution in [-0.2, 0) is 0 Å². The van der Waals surface area contributed by atoms with E-state index in [9.17, 15) is 4.39 Å². The molecule has 2 aromatic rings. The number of hydrogen-bond donors (Lipinski definition) is 1.